The Morgan fingerprint density at radius 3 is 2.57 bits per heavy atom. The van der Waals surface area contributed by atoms with Crippen molar-refractivity contribution in [3.63, 3.8) is 0 Å². The normalized spacial score (nSPS) is 17.4. The third-order valence-electron chi connectivity index (χ3n) is 4.79. The summed E-state index contributed by atoms with van der Waals surface area (Å²) in [6, 6.07) is 9.94. The molecular weight excluding hydrogens is 372 g/mol. The van der Waals surface area contributed by atoms with Crippen LogP contribution in [0.15, 0.2) is 36.4 Å². The molecule has 1 aliphatic rings. The molecule has 28 heavy (non-hydrogen) atoms. The Kier molecular flexibility index (Phi) is 9.58. The van der Waals surface area contributed by atoms with E-state index in [4.69, 9.17) is 4.74 Å². The Bertz CT molecular complexity index is 642. The van der Waals surface area contributed by atoms with Gasteiger partial charge in [0.25, 0.3) is 0 Å². The van der Waals surface area contributed by atoms with Crippen LogP contribution in [0.25, 0.3) is 6.08 Å². The van der Waals surface area contributed by atoms with Gasteiger partial charge in [0.2, 0.25) is 5.91 Å². The second-order valence-corrected chi connectivity index (χ2v) is 8.64. The Labute approximate surface area is 173 Å². The van der Waals surface area contributed by atoms with Gasteiger partial charge in [0.05, 0.1) is 18.9 Å². The van der Waals surface area contributed by atoms with Gasteiger partial charge in [-0.3, -0.25) is 15.0 Å². The van der Waals surface area contributed by atoms with Crippen LogP contribution in [0.1, 0.15) is 45.1 Å². The number of carbonyl (C=O) groups excluding carboxylic acids is 2. The summed E-state index contributed by atoms with van der Waals surface area (Å²) in [6.45, 7) is 4.98. The van der Waals surface area contributed by atoms with E-state index in [1.807, 2.05) is 46.9 Å². The Morgan fingerprint density at radius 1 is 1.21 bits per heavy atom. The molecule has 6 heteroatoms. The molecule has 5 nitrogen and oxygen atoms in total. The van der Waals surface area contributed by atoms with Crippen LogP contribution in [0.4, 0.5) is 0 Å². The zero-order valence-corrected chi connectivity index (χ0v) is 17.9. The monoisotopic (exact) mass is 404 g/mol. The van der Waals surface area contributed by atoms with Gasteiger partial charge in [-0.05, 0) is 37.2 Å². The number of carbonyl (C=O) groups is 2. The van der Waals surface area contributed by atoms with Crippen LogP contribution in [0.5, 0.6) is 0 Å². The molecule has 154 valence electrons. The molecule has 1 N–H and O–H groups in total. The Hall–Kier alpha value is -1.79. The zero-order valence-electron chi connectivity index (χ0n) is 17.1. The molecule has 1 aromatic carbocycles. The summed E-state index contributed by atoms with van der Waals surface area (Å²) < 4.78 is 6.96. The molecule has 1 heterocycles. The largest absolute Gasteiger partial charge is 0.469 e. The molecule has 1 saturated heterocycles. The fourth-order valence-corrected chi connectivity index (χ4v) is 4.31. The van der Waals surface area contributed by atoms with Crippen molar-refractivity contribution in [3.05, 3.63) is 42.0 Å². The minimum Gasteiger partial charge on any atom is -0.469 e. The van der Waals surface area contributed by atoms with Crippen LogP contribution in [-0.4, -0.2) is 35.7 Å². The molecule has 0 aromatic heterocycles. The minimum absolute atomic E-state index is 0.0911. The highest BCUT2D eigenvalue weighted by Crippen LogP contribution is 2.27. The van der Waals surface area contributed by atoms with E-state index >= 15 is 0 Å². The number of benzene rings is 1. The van der Waals surface area contributed by atoms with Crippen molar-refractivity contribution in [2.45, 2.75) is 39.5 Å². The summed E-state index contributed by atoms with van der Waals surface area (Å²) in [5.41, 5.74) is 4.09. The van der Waals surface area contributed by atoms with Crippen molar-refractivity contribution < 1.29 is 14.3 Å². The first-order valence-corrected chi connectivity index (χ1v) is 11.0. The molecule has 2 atom stereocenters. The maximum atomic E-state index is 13.0. The van der Waals surface area contributed by atoms with Gasteiger partial charge in [0.15, 0.2) is 0 Å². The highest BCUT2D eigenvalue weighted by molar-refractivity contribution is 7.97. The number of methoxy groups -OCH3 is 1. The average Bonchev–Trinajstić information content (AvgIpc) is 2.70. The summed E-state index contributed by atoms with van der Waals surface area (Å²) in [7, 11) is 1.39. The SMILES string of the molecule is COC(=O)[C@H](C/C=C\c1ccccc1)C(CC(C)C)C(=O)NN1CCCCS1. The summed E-state index contributed by atoms with van der Waals surface area (Å²) >= 11 is 1.64. The van der Waals surface area contributed by atoms with Crippen LogP contribution >= 0.6 is 11.9 Å². The zero-order chi connectivity index (χ0) is 20.4. The van der Waals surface area contributed by atoms with Gasteiger partial charge in [-0.25, -0.2) is 0 Å². The van der Waals surface area contributed by atoms with E-state index in [9.17, 15) is 9.59 Å². The van der Waals surface area contributed by atoms with E-state index in [1.54, 1.807) is 11.9 Å². The predicted octanol–water partition coefficient (Wildman–Crippen LogP) is 4.32. The quantitative estimate of drug-likeness (QED) is 0.491. The van der Waals surface area contributed by atoms with Crippen molar-refractivity contribution in [2.75, 3.05) is 19.4 Å². The number of rotatable bonds is 9. The van der Waals surface area contributed by atoms with E-state index in [-0.39, 0.29) is 11.9 Å². The van der Waals surface area contributed by atoms with E-state index in [2.05, 4.69) is 19.3 Å². The molecule has 1 aromatic rings. The number of esters is 1. The lowest BCUT2D eigenvalue weighted by atomic mass is 9.82. The van der Waals surface area contributed by atoms with Gasteiger partial charge >= 0.3 is 5.97 Å². The third kappa shape index (κ3) is 7.32. The number of hydrogen-bond acceptors (Lipinski definition) is 5. The fraction of sp³-hybridized carbons (Fsp3) is 0.545. The molecule has 1 aliphatic heterocycles. The highest BCUT2D eigenvalue weighted by Gasteiger charge is 2.35. The van der Waals surface area contributed by atoms with Crippen LogP contribution in [0.2, 0.25) is 0 Å². The van der Waals surface area contributed by atoms with E-state index in [0.717, 1.165) is 24.3 Å². The molecule has 1 fully saturated rings. The topological polar surface area (TPSA) is 58.6 Å². The van der Waals surface area contributed by atoms with E-state index in [1.165, 1.54) is 13.5 Å². The van der Waals surface area contributed by atoms with Crippen molar-refractivity contribution in [2.24, 2.45) is 17.8 Å². The number of allylic oxidation sites excluding steroid dienone is 1. The van der Waals surface area contributed by atoms with Gasteiger partial charge in [0.1, 0.15) is 0 Å². The third-order valence-corrected chi connectivity index (χ3v) is 5.85. The van der Waals surface area contributed by atoms with Crippen LogP contribution in [0, 0.1) is 17.8 Å². The molecule has 0 bridgehead atoms. The van der Waals surface area contributed by atoms with Gasteiger partial charge in [0, 0.05) is 12.3 Å². The van der Waals surface area contributed by atoms with Gasteiger partial charge < -0.3 is 4.74 Å². The lowest BCUT2D eigenvalue weighted by Gasteiger charge is -2.30. The average molecular weight is 405 g/mol. The maximum Gasteiger partial charge on any atom is 0.309 e. The molecule has 0 spiro atoms. The maximum absolute atomic E-state index is 13.0. The Balaban J connectivity index is 2.12. The number of nitrogens with one attached hydrogen (secondary N) is 1. The van der Waals surface area contributed by atoms with Gasteiger partial charge in [-0.2, -0.15) is 4.41 Å². The molecule has 0 aliphatic carbocycles. The fourth-order valence-electron chi connectivity index (χ4n) is 3.34. The molecule has 1 unspecified atom stereocenters. The van der Waals surface area contributed by atoms with Crippen molar-refractivity contribution in [3.8, 4) is 0 Å². The second kappa shape index (κ2) is 11.9. The Morgan fingerprint density at radius 2 is 1.96 bits per heavy atom. The lowest BCUT2D eigenvalue weighted by Crippen LogP contribution is -2.46. The number of ether oxygens (including phenoxy) is 1. The van der Waals surface area contributed by atoms with E-state index in [0.29, 0.717) is 18.8 Å². The van der Waals surface area contributed by atoms with Crippen LogP contribution < -0.4 is 5.43 Å². The highest BCUT2D eigenvalue weighted by atomic mass is 32.2. The summed E-state index contributed by atoms with van der Waals surface area (Å²) in [5, 5.41) is 0. The number of nitrogens with zero attached hydrogens (tertiary/aromatic N) is 1. The number of hydrogen-bond donors (Lipinski definition) is 1. The summed E-state index contributed by atoms with van der Waals surface area (Å²) in [4.78, 5) is 25.6. The first kappa shape index (κ1) is 22.5. The predicted molar refractivity (Wildman–Crippen MR) is 115 cm³/mol. The molecule has 0 saturated carbocycles. The van der Waals surface area contributed by atoms with Crippen molar-refractivity contribution >= 4 is 29.9 Å². The van der Waals surface area contributed by atoms with Crippen molar-refractivity contribution in [1.29, 1.82) is 0 Å². The van der Waals surface area contributed by atoms with Crippen LogP contribution in [0.3, 0.4) is 0 Å². The van der Waals surface area contributed by atoms with Gasteiger partial charge in [-0.1, -0.05) is 68.3 Å². The standard InChI is InChI=1S/C22H32N2O3S/c1-17(2)16-20(21(25)23-24-14-7-8-15-28-24)19(22(26)27-3)13-9-12-18-10-5-4-6-11-18/h4-6,9-12,17,19-20H,7-8,13-16H2,1-3H3,(H,23,25)/b12-9-/t19-,20?/m1/s1. The second-order valence-electron chi connectivity index (χ2n) is 7.53. The lowest BCUT2D eigenvalue weighted by molar-refractivity contribution is -0.151. The van der Waals surface area contributed by atoms with Crippen molar-refractivity contribution in [1.82, 2.24) is 9.84 Å². The molecule has 2 rings (SSSR count). The van der Waals surface area contributed by atoms with Gasteiger partial charge in [-0.15, -0.1) is 0 Å². The molecule has 0 radical (unpaired) electrons. The van der Waals surface area contributed by atoms with Crippen LogP contribution in [-0.2, 0) is 14.3 Å². The first-order chi connectivity index (χ1) is 13.5. The summed E-state index contributed by atoms with van der Waals surface area (Å²) in [5.74, 6) is -0.0287. The number of amides is 1. The number of hydrazine groups is 1. The first-order valence-electron chi connectivity index (χ1n) is 10.0. The molecule has 1 amide bonds. The molecular formula is C22H32N2O3S. The summed E-state index contributed by atoms with van der Waals surface area (Å²) in [6.07, 6.45) is 7.31. The van der Waals surface area contributed by atoms with E-state index < -0.39 is 11.8 Å². The smallest absolute Gasteiger partial charge is 0.309 e. The minimum atomic E-state index is -0.498.